The second kappa shape index (κ2) is 6.10. The third kappa shape index (κ3) is 3.07. The van der Waals surface area contributed by atoms with E-state index in [0.29, 0.717) is 12.1 Å². The van der Waals surface area contributed by atoms with Gasteiger partial charge in [0.15, 0.2) is 0 Å². The smallest absolute Gasteiger partial charge is 0.219 e. The Bertz CT molecular complexity index is 502. The first-order valence-electron chi connectivity index (χ1n) is 7.94. The maximum absolute atomic E-state index is 11.8. The summed E-state index contributed by atoms with van der Waals surface area (Å²) in [6.45, 7) is 6.53. The minimum absolute atomic E-state index is 0.222. The molecular weight excluding hydrogens is 264 g/mol. The second-order valence-electron chi connectivity index (χ2n) is 6.25. The molecule has 2 atom stereocenters. The van der Waals surface area contributed by atoms with Crippen LogP contribution in [0.3, 0.4) is 0 Å². The first kappa shape index (κ1) is 14.4. The number of carbonyl (C=O) groups is 1. The molecule has 0 radical (unpaired) electrons. The lowest BCUT2D eigenvalue weighted by Crippen LogP contribution is -2.47. The number of rotatable bonds is 3. The van der Waals surface area contributed by atoms with Gasteiger partial charge in [0.2, 0.25) is 5.91 Å². The quantitative estimate of drug-likeness (QED) is 0.850. The average Bonchev–Trinajstić information content (AvgIpc) is 3.09. The number of aromatic nitrogens is 2. The summed E-state index contributed by atoms with van der Waals surface area (Å²) in [5.41, 5.74) is 1.98. The van der Waals surface area contributed by atoms with Crippen molar-refractivity contribution >= 4 is 5.91 Å². The van der Waals surface area contributed by atoms with Gasteiger partial charge >= 0.3 is 0 Å². The largest absolute Gasteiger partial charge is 0.338 e. The zero-order chi connectivity index (χ0) is 14.8. The first-order valence-corrected chi connectivity index (χ1v) is 7.94. The van der Waals surface area contributed by atoms with Gasteiger partial charge in [-0.05, 0) is 39.2 Å². The molecule has 3 heterocycles. The van der Waals surface area contributed by atoms with Crippen molar-refractivity contribution in [2.24, 2.45) is 0 Å². The third-order valence-electron chi connectivity index (χ3n) is 4.76. The maximum Gasteiger partial charge on any atom is 0.219 e. The number of hydrogen-bond donors (Lipinski definition) is 0. The van der Waals surface area contributed by atoms with Crippen molar-refractivity contribution in [1.29, 1.82) is 0 Å². The highest BCUT2D eigenvalue weighted by Gasteiger charge is 2.38. The molecule has 0 unspecified atom stereocenters. The highest BCUT2D eigenvalue weighted by molar-refractivity contribution is 5.74. The molecule has 2 fully saturated rings. The number of carbonyl (C=O) groups excluding carboxylic acids is 1. The fraction of sp³-hybridized carbons (Fsp3) is 0.688. The fourth-order valence-electron chi connectivity index (χ4n) is 3.78. The van der Waals surface area contributed by atoms with E-state index in [-0.39, 0.29) is 5.91 Å². The van der Waals surface area contributed by atoms with Crippen LogP contribution in [-0.2, 0) is 11.3 Å². The lowest BCUT2D eigenvalue weighted by molar-refractivity contribution is -0.130. The van der Waals surface area contributed by atoms with Gasteiger partial charge in [-0.3, -0.25) is 19.7 Å². The molecular formula is C16H24N4O. The van der Waals surface area contributed by atoms with Gasteiger partial charge < -0.3 is 4.90 Å². The maximum atomic E-state index is 11.8. The molecule has 1 aromatic heterocycles. The van der Waals surface area contributed by atoms with Crippen LogP contribution in [0, 0.1) is 6.92 Å². The summed E-state index contributed by atoms with van der Waals surface area (Å²) < 4.78 is 0. The number of likely N-dealkylation sites (tertiary alicyclic amines) is 2. The van der Waals surface area contributed by atoms with Crippen molar-refractivity contribution < 1.29 is 4.79 Å². The van der Waals surface area contributed by atoms with Gasteiger partial charge in [0.25, 0.3) is 0 Å². The molecule has 114 valence electrons. The van der Waals surface area contributed by atoms with E-state index in [1.807, 2.05) is 19.3 Å². The van der Waals surface area contributed by atoms with E-state index in [1.54, 1.807) is 6.92 Å². The molecule has 5 heteroatoms. The molecule has 1 amide bonds. The Balaban J connectivity index is 1.70. The number of nitrogens with zero attached hydrogens (tertiary/aromatic N) is 4. The minimum atomic E-state index is 0.222. The zero-order valence-electron chi connectivity index (χ0n) is 13.0. The van der Waals surface area contributed by atoms with E-state index in [9.17, 15) is 4.79 Å². The highest BCUT2D eigenvalue weighted by Crippen LogP contribution is 2.30. The average molecular weight is 288 g/mol. The molecule has 0 bridgehead atoms. The SMILES string of the molecule is CC(=O)N1CCC[C@@H]1[C@H]1CCCN1Cc1cnc(C)cn1. The molecule has 0 saturated carbocycles. The van der Waals surface area contributed by atoms with Crippen LogP contribution in [0.5, 0.6) is 0 Å². The van der Waals surface area contributed by atoms with Crippen LogP contribution in [0.25, 0.3) is 0 Å². The van der Waals surface area contributed by atoms with Gasteiger partial charge in [0.05, 0.1) is 11.4 Å². The number of hydrogen-bond acceptors (Lipinski definition) is 4. The molecule has 2 saturated heterocycles. The van der Waals surface area contributed by atoms with E-state index in [0.717, 1.165) is 43.9 Å². The van der Waals surface area contributed by atoms with E-state index < -0.39 is 0 Å². The molecule has 0 N–H and O–H groups in total. The predicted molar refractivity (Wildman–Crippen MR) is 80.6 cm³/mol. The van der Waals surface area contributed by atoms with Crippen molar-refractivity contribution in [1.82, 2.24) is 19.8 Å². The van der Waals surface area contributed by atoms with Crippen molar-refractivity contribution in [3.63, 3.8) is 0 Å². The van der Waals surface area contributed by atoms with E-state index in [2.05, 4.69) is 19.8 Å². The van der Waals surface area contributed by atoms with Crippen LogP contribution in [0.15, 0.2) is 12.4 Å². The standard InChI is InChI=1S/C16H24N4O/c1-12-9-18-14(10-17-12)11-19-7-3-5-15(19)16-6-4-8-20(16)13(2)21/h9-10,15-16H,3-8,11H2,1-2H3/t15-,16-/m1/s1. The summed E-state index contributed by atoms with van der Waals surface area (Å²) in [5.74, 6) is 0.222. The van der Waals surface area contributed by atoms with Gasteiger partial charge in [-0.2, -0.15) is 0 Å². The van der Waals surface area contributed by atoms with E-state index >= 15 is 0 Å². The van der Waals surface area contributed by atoms with Gasteiger partial charge in [0.1, 0.15) is 0 Å². The van der Waals surface area contributed by atoms with Crippen LogP contribution in [0.4, 0.5) is 0 Å². The molecule has 0 spiro atoms. The van der Waals surface area contributed by atoms with Gasteiger partial charge in [-0.15, -0.1) is 0 Å². The zero-order valence-corrected chi connectivity index (χ0v) is 13.0. The van der Waals surface area contributed by atoms with Crippen LogP contribution in [0.2, 0.25) is 0 Å². The molecule has 2 aliphatic rings. The Morgan fingerprint density at radius 2 is 1.95 bits per heavy atom. The normalized spacial score (nSPS) is 26.5. The minimum Gasteiger partial charge on any atom is -0.338 e. The molecule has 5 nitrogen and oxygen atoms in total. The monoisotopic (exact) mass is 288 g/mol. The molecule has 2 aliphatic heterocycles. The van der Waals surface area contributed by atoms with Gasteiger partial charge in [-0.25, -0.2) is 0 Å². The number of aryl methyl sites for hydroxylation is 1. The first-order chi connectivity index (χ1) is 10.1. The van der Waals surface area contributed by atoms with Crippen molar-refractivity contribution in [3.8, 4) is 0 Å². The molecule has 0 aliphatic carbocycles. The summed E-state index contributed by atoms with van der Waals surface area (Å²) in [7, 11) is 0. The second-order valence-corrected chi connectivity index (χ2v) is 6.25. The summed E-state index contributed by atoms with van der Waals surface area (Å²) in [6.07, 6.45) is 8.39. The lowest BCUT2D eigenvalue weighted by Gasteiger charge is -2.34. The predicted octanol–water partition coefficient (Wildman–Crippen LogP) is 1.76. The molecule has 3 rings (SSSR count). The Morgan fingerprint density at radius 1 is 1.19 bits per heavy atom. The Kier molecular flexibility index (Phi) is 4.19. The highest BCUT2D eigenvalue weighted by atomic mass is 16.2. The lowest BCUT2D eigenvalue weighted by atomic mass is 10.0. The van der Waals surface area contributed by atoms with E-state index in [1.165, 1.54) is 12.8 Å². The van der Waals surface area contributed by atoms with Crippen LogP contribution < -0.4 is 0 Å². The summed E-state index contributed by atoms with van der Waals surface area (Å²) in [5, 5.41) is 0. The van der Waals surface area contributed by atoms with Crippen molar-refractivity contribution in [2.45, 2.75) is 58.2 Å². The molecule has 1 aromatic rings. The summed E-state index contributed by atoms with van der Waals surface area (Å²) in [6, 6.07) is 0.878. The summed E-state index contributed by atoms with van der Waals surface area (Å²) in [4.78, 5) is 25.2. The van der Waals surface area contributed by atoms with Gasteiger partial charge in [-0.1, -0.05) is 0 Å². The molecule has 0 aromatic carbocycles. The van der Waals surface area contributed by atoms with Crippen LogP contribution >= 0.6 is 0 Å². The van der Waals surface area contributed by atoms with Crippen LogP contribution in [0.1, 0.15) is 44.0 Å². The number of amides is 1. The fourth-order valence-corrected chi connectivity index (χ4v) is 3.78. The Labute approximate surface area is 126 Å². The molecule has 21 heavy (non-hydrogen) atoms. The summed E-state index contributed by atoms with van der Waals surface area (Å²) >= 11 is 0. The van der Waals surface area contributed by atoms with Crippen molar-refractivity contribution in [2.75, 3.05) is 13.1 Å². The van der Waals surface area contributed by atoms with Gasteiger partial charge in [0, 0.05) is 44.5 Å². The van der Waals surface area contributed by atoms with Crippen molar-refractivity contribution in [3.05, 3.63) is 23.8 Å². The third-order valence-corrected chi connectivity index (χ3v) is 4.76. The topological polar surface area (TPSA) is 49.3 Å². The van der Waals surface area contributed by atoms with Crippen LogP contribution in [-0.4, -0.2) is 50.8 Å². The van der Waals surface area contributed by atoms with E-state index in [4.69, 9.17) is 0 Å². The Morgan fingerprint density at radius 3 is 2.67 bits per heavy atom. The Hall–Kier alpha value is -1.49.